The van der Waals surface area contributed by atoms with Crippen LogP contribution in [0.2, 0.25) is 10.0 Å². The van der Waals surface area contributed by atoms with Crippen molar-refractivity contribution in [3.05, 3.63) is 56.2 Å². The summed E-state index contributed by atoms with van der Waals surface area (Å²) in [5.41, 5.74) is 3.52. The zero-order valence-corrected chi connectivity index (χ0v) is 14.9. The number of imidazole rings is 1. The van der Waals surface area contributed by atoms with E-state index in [4.69, 9.17) is 34.8 Å². The largest absolute Gasteiger partial charge is 0.294 e. The molecule has 0 aliphatic rings. The standard InChI is InChI=1S/C15H10BrCl3N2/c1-8-4-11(19)14(6-10(8)18)21-13-3-2-9(16)5-12(13)20-15(21)7-17/h2-6H,7H2,1H3. The molecule has 0 fully saturated rings. The van der Waals surface area contributed by atoms with Gasteiger partial charge in [0.25, 0.3) is 0 Å². The smallest absolute Gasteiger partial charge is 0.129 e. The number of aryl methyl sites for hydroxylation is 1. The van der Waals surface area contributed by atoms with Gasteiger partial charge in [0.05, 0.1) is 27.6 Å². The van der Waals surface area contributed by atoms with E-state index in [1.165, 1.54) is 0 Å². The van der Waals surface area contributed by atoms with Crippen molar-refractivity contribution in [3.8, 4) is 5.69 Å². The first-order valence-corrected chi connectivity index (χ1v) is 8.28. The normalized spacial score (nSPS) is 11.3. The fourth-order valence-electron chi connectivity index (χ4n) is 2.27. The summed E-state index contributed by atoms with van der Waals surface area (Å²) in [5, 5.41) is 1.28. The number of halogens is 4. The van der Waals surface area contributed by atoms with Crippen LogP contribution in [0.1, 0.15) is 11.4 Å². The quantitative estimate of drug-likeness (QED) is 0.469. The first-order valence-electron chi connectivity index (χ1n) is 6.20. The highest BCUT2D eigenvalue weighted by Gasteiger charge is 2.15. The van der Waals surface area contributed by atoms with Gasteiger partial charge in [0.2, 0.25) is 0 Å². The Balaban J connectivity index is 2.36. The minimum atomic E-state index is 0.286. The molecule has 1 heterocycles. The van der Waals surface area contributed by atoms with Crippen LogP contribution in [-0.4, -0.2) is 9.55 Å². The Morgan fingerprint density at radius 2 is 1.90 bits per heavy atom. The molecule has 1 aromatic heterocycles. The van der Waals surface area contributed by atoms with Gasteiger partial charge in [-0.05, 0) is 42.8 Å². The van der Waals surface area contributed by atoms with Crippen molar-refractivity contribution in [2.24, 2.45) is 0 Å². The maximum absolute atomic E-state index is 6.39. The van der Waals surface area contributed by atoms with Crippen LogP contribution in [0.3, 0.4) is 0 Å². The molecule has 6 heteroatoms. The number of nitrogens with zero attached hydrogens (tertiary/aromatic N) is 2. The molecule has 0 aliphatic heterocycles. The van der Waals surface area contributed by atoms with Gasteiger partial charge in [-0.15, -0.1) is 11.6 Å². The van der Waals surface area contributed by atoms with Gasteiger partial charge in [-0.2, -0.15) is 0 Å². The van der Waals surface area contributed by atoms with Crippen molar-refractivity contribution in [2.75, 3.05) is 0 Å². The Bertz CT molecular complexity index is 843. The van der Waals surface area contributed by atoms with Crippen LogP contribution < -0.4 is 0 Å². The molecule has 0 saturated carbocycles. The molecule has 0 spiro atoms. The molecule has 0 saturated heterocycles. The Hall–Kier alpha value is -0.740. The fraction of sp³-hybridized carbons (Fsp3) is 0.133. The van der Waals surface area contributed by atoms with Crippen LogP contribution in [-0.2, 0) is 5.88 Å². The summed E-state index contributed by atoms with van der Waals surface area (Å²) < 4.78 is 2.91. The molecular weight excluding hydrogens is 394 g/mol. The molecule has 0 unspecified atom stereocenters. The number of alkyl halides is 1. The Labute approximate surface area is 145 Å². The third-order valence-electron chi connectivity index (χ3n) is 3.27. The van der Waals surface area contributed by atoms with Gasteiger partial charge in [-0.3, -0.25) is 4.57 Å². The van der Waals surface area contributed by atoms with Gasteiger partial charge in [0.1, 0.15) is 5.82 Å². The van der Waals surface area contributed by atoms with E-state index in [1.807, 2.05) is 41.8 Å². The summed E-state index contributed by atoms with van der Waals surface area (Å²) >= 11 is 22.1. The molecule has 0 amide bonds. The second-order valence-electron chi connectivity index (χ2n) is 4.68. The maximum atomic E-state index is 6.39. The zero-order valence-electron chi connectivity index (χ0n) is 11.0. The van der Waals surface area contributed by atoms with E-state index in [0.717, 1.165) is 32.6 Å². The van der Waals surface area contributed by atoms with Crippen molar-refractivity contribution in [3.63, 3.8) is 0 Å². The van der Waals surface area contributed by atoms with Crippen molar-refractivity contribution in [2.45, 2.75) is 12.8 Å². The Morgan fingerprint density at radius 1 is 1.14 bits per heavy atom. The predicted molar refractivity (Wildman–Crippen MR) is 93.1 cm³/mol. The SMILES string of the molecule is Cc1cc(Cl)c(-n2c(CCl)nc3cc(Br)ccc32)cc1Cl. The van der Waals surface area contributed by atoms with E-state index in [1.54, 1.807) is 0 Å². The van der Waals surface area contributed by atoms with Gasteiger partial charge in [0, 0.05) is 9.50 Å². The van der Waals surface area contributed by atoms with Crippen LogP contribution in [0.5, 0.6) is 0 Å². The predicted octanol–water partition coefficient (Wildman–Crippen LogP) is 6.14. The van der Waals surface area contributed by atoms with Crippen molar-refractivity contribution in [1.29, 1.82) is 0 Å². The molecule has 3 rings (SSSR count). The molecule has 0 aliphatic carbocycles. The summed E-state index contributed by atoms with van der Waals surface area (Å²) in [6, 6.07) is 9.58. The zero-order chi connectivity index (χ0) is 15.1. The van der Waals surface area contributed by atoms with E-state index in [9.17, 15) is 0 Å². The van der Waals surface area contributed by atoms with Crippen LogP contribution >= 0.6 is 50.7 Å². The minimum absolute atomic E-state index is 0.286. The van der Waals surface area contributed by atoms with Crippen molar-refractivity contribution < 1.29 is 0 Å². The lowest BCUT2D eigenvalue weighted by molar-refractivity contribution is 0.981. The molecule has 0 atom stereocenters. The lowest BCUT2D eigenvalue weighted by Gasteiger charge is -2.12. The molecule has 2 nitrogen and oxygen atoms in total. The molecule has 108 valence electrons. The number of aromatic nitrogens is 2. The number of benzene rings is 2. The number of hydrogen-bond acceptors (Lipinski definition) is 1. The molecule has 0 bridgehead atoms. The van der Waals surface area contributed by atoms with Gasteiger partial charge in [-0.25, -0.2) is 4.98 Å². The molecular formula is C15H10BrCl3N2. The summed E-state index contributed by atoms with van der Waals surface area (Å²) in [6.45, 7) is 1.92. The van der Waals surface area contributed by atoms with Crippen LogP contribution in [0.15, 0.2) is 34.8 Å². The first kappa shape index (κ1) is 15.2. The summed E-state index contributed by atoms with van der Waals surface area (Å²) in [6.07, 6.45) is 0. The van der Waals surface area contributed by atoms with E-state index < -0.39 is 0 Å². The van der Waals surface area contributed by atoms with Gasteiger partial charge in [-0.1, -0.05) is 39.1 Å². The lowest BCUT2D eigenvalue weighted by Crippen LogP contribution is -2.00. The maximum Gasteiger partial charge on any atom is 0.129 e. The van der Waals surface area contributed by atoms with Crippen molar-refractivity contribution >= 4 is 61.8 Å². The fourth-order valence-corrected chi connectivity index (χ4v) is 3.26. The molecule has 0 N–H and O–H groups in total. The van der Waals surface area contributed by atoms with E-state index in [2.05, 4.69) is 20.9 Å². The average molecular weight is 405 g/mol. The summed E-state index contributed by atoms with van der Waals surface area (Å²) in [7, 11) is 0. The van der Waals surface area contributed by atoms with Crippen LogP contribution in [0, 0.1) is 6.92 Å². The van der Waals surface area contributed by atoms with Gasteiger partial charge in [0.15, 0.2) is 0 Å². The monoisotopic (exact) mass is 402 g/mol. The molecule has 21 heavy (non-hydrogen) atoms. The molecule has 2 aromatic carbocycles. The minimum Gasteiger partial charge on any atom is -0.294 e. The first-order chi connectivity index (χ1) is 10.0. The summed E-state index contributed by atoms with van der Waals surface area (Å²) in [4.78, 5) is 4.56. The highest BCUT2D eigenvalue weighted by molar-refractivity contribution is 9.10. The number of fused-ring (bicyclic) bond motifs is 1. The highest BCUT2D eigenvalue weighted by atomic mass is 79.9. The average Bonchev–Trinajstić information content (AvgIpc) is 2.80. The topological polar surface area (TPSA) is 17.8 Å². The van der Waals surface area contributed by atoms with E-state index in [-0.39, 0.29) is 5.88 Å². The molecule has 0 radical (unpaired) electrons. The van der Waals surface area contributed by atoms with Crippen molar-refractivity contribution in [1.82, 2.24) is 9.55 Å². The van der Waals surface area contributed by atoms with Gasteiger partial charge >= 0.3 is 0 Å². The summed E-state index contributed by atoms with van der Waals surface area (Å²) in [5.74, 6) is 1.01. The Morgan fingerprint density at radius 3 is 2.62 bits per heavy atom. The third kappa shape index (κ3) is 2.68. The van der Waals surface area contributed by atoms with Crippen LogP contribution in [0.25, 0.3) is 16.7 Å². The lowest BCUT2D eigenvalue weighted by atomic mass is 10.2. The van der Waals surface area contributed by atoms with Gasteiger partial charge < -0.3 is 0 Å². The second-order valence-corrected chi connectivity index (χ2v) is 6.68. The Kier molecular flexibility index (Phi) is 4.19. The number of rotatable bonds is 2. The van der Waals surface area contributed by atoms with Crippen LogP contribution in [0.4, 0.5) is 0 Å². The van der Waals surface area contributed by atoms with E-state index in [0.29, 0.717) is 10.0 Å². The highest BCUT2D eigenvalue weighted by Crippen LogP contribution is 2.32. The molecule has 3 aromatic rings. The third-order valence-corrected chi connectivity index (χ3v) is 4.72. The van der Waals surface area contributed by atoms with E-state index >= 15 is 0 Å². The number of hydrogen-bond donors (Lipinski definition) is 0. The second kappa shape index (κ2) is 5.81.